The molecule has 0 spiro atoms. The first kappa shape index (κ1) is 12.1. The summed E-state index contributed by atoms with van der Waals surface area (Å²) in [5.41, 5.74) is 8.86. The predicted molar refractivity (Wildman–Crippen MR) is 71.4 cm³/mol. The van der Waals surface area contributed by atoms with Crippen molar-refractivity contribution < 1.29 is 0 Å². The molecule has 0 amide bonds. The van der Waals surface area contributed by atoms with E-state index in [-0.39, 0.29) is 5.54 Å². The van der Waals surface area contributed by atoms with Crippen LogP contribution in [-0.4, -0.2) is 23.5 Å². The zero-order valence-corrected chi connectivity index (χ0v) is 11.5. The van der Waals surface area contributed by atoms with Gasteiger partial charge in [0.15, 0.2) is 0 Å². The summed E-state index contributed by atoms with van der Waals surface area (Å²) in [6.07, 6.45) is 1.12. The molecule has 0 aliphatic carbocycles. The van der Waals surface area contributed by atoms with E-state index in [1.165, 1.54) is 15.6 Å². The number of nitrogens with two attached hydrogens (primary N) is 1. The lowest BCUT2D eigenvalue weighted by Crippen LogP contribution is -2.46. The van der Waals surface area contributed by atoms with Crippen molar-refractivity contribution >= 4 is 15.9 Å². The molecule has 0 fully saturated rings. The van der Waals surface area contributed by atoms with E-state index in [4.69, 9.17) is 5.73 Å². The molecule has 1 aliphatic heterocycles. The summed E-state index contributed by atoms with van der Waals surface area (Å²) in [5, 5.41) is 0. The molecule has 2 rings (SSSR count). The molecule has 1 heterocycles. The lowest BCUT2D eigenvalue weighted by atomic mass is 9.98. The first-order chi connectivity index (χ1) is 7.46. The highest BCUT2D eigenvalue weighted by Gasteiger charge is 2.22. The van der Waals surface area contributed by atoms with Crippen molar-refractivity contribution in [3.05, 3.63) is 33.8 Å². The summed E-state index contributed by atoms with van der Waals surface area (Å²) in [4.78, 5) is 2.44. The summed E-state index contributed by atoms with van der Waals surface area (Å²) in [6, 6.07) is 6.46. The van der Waals surface area contributed by atoms with E-state index in [0.717, 1.165) is 26.1 Å². The van der Waals surface area contributed by atoms with Crippen LogP contribution in [0.25, 0.3) is 0 Å². The van der Waals surface area contributed by atoms with Crippen molar-refractivity contribution in [2.45, 2.75) is 32.4 Å². The molecule has 3 heteroatoms. The van der Waals surface area contributed by atoms with Crippen molar-refractivity contribution in [3.63, 3.8) is 0 Å². The number of nitrogens with zero attached hydrogens (tertiary/aromatic N) is 1. The molecule has 0 unspecified atom stereocenters. The second-order valence-electron chi connectivity index (χ2n) is 5.33. The summed E-state index contributed by atoms with van der Waals surface area (Å²) in [6.45, 7) is 7.26. The molecule has 0 radical (unpaired) electrons. The van der Waals surface area contributed by atoms with Crippen molar-refractivity contribution in [3.8, 4) is 0 Å². The predicted octanol–water partition coefficient (Wildman–Crippen LogP) is 2.54. The van der Waals surface area contributed by atoms with E-state index in [1.807, 2.05) is 0 Å². The van der Waals surface area contributed by atoms with Gasteiger partial charge in [0.2, 0.25) is 0 Å². The molecule has 0 saturated carbocycles. The first-order valence-corrected chi connectivity index (χ1v) is 6.52. The molecule has 2 nitrogen and oxygen atoms in total. The van der Waals surface area contributed by atoms with Crippen molar-refractivity contribution in [1.29, 1.82) is 0 Å². The maximum absolute atomic E-state index is 6.07. The minimum Gasteiger partial charge on any atom is -0.324 e. The van der Waals surface area contributed by atoms with E-state index >= 15 is 0 Å². The SMILES string of the molecule is CC(C)(N)CN1CCc2c(Br)cccc2C1. The van der Waals surface area contributed by atoms with Crippen LogP contribution in [0, 0.1) is 0 Å². The summed E-state index contributed by atoms with van der Waals surface area (Å²) in [5.74, 6) is 0. The normalized spacial score (nSPS) is 17.2. The molecule has 0 aromatic heterocycles. The minimum atomic E-state index is -0.108. The van der Waals surface area contributed by atoms with Gasteiger partial charge in [0.25, 0.3) is 0 Å². The number of fused-ring (bicyclic) bond motifs is 1. The fraction of sp³-hybridized carbons (Fsp3) is 0.538. The zero-order chi connectivity index (χ0) is 11.8. The van der Waals surface area contributed by atoms with Crippen LogP contribution in [0.5, 0.6) is 0 Å². The molecule has 2 N–H and O–H groups in total. The van der Waals surface area contributed by atoms with Gasteiger partial charge in [0, 0.05) is 29.6 Å². The van der Waals surface area contributed by atoms with Crippen LogP contribution >= 0.6 is 15.9 Å². The number of rotatable bonds is 2. The largest absolute Gasteiger partial charge is 0.324 e. The number of hydrogen-bond acceptors (Lipinski definition) is 2. The van der Waals surface area contributed by atoms with Gasteiger partial charge in [-0.15, -0.1) is 0 Å². The number of hydrogen-bond donors (Lipinski definition) is 1. The maximum atomic E-state index is 6.07. The Hall–Kier alpha value is -0.380. The lowest BCUT2D eigenvalue weighted by molar-refractivity contribution is 0.209. The Morgan fingerprint density at radius 2 is 2.19 bits per heavy atom. The van der Waals surface area contributed by atoms with E-state index in [1.54, 1.807) is 0 Å². The fourth-order valence-corrected chi connectivity index (χ4v) is 2.94. The monoisotopic (exact) mass is 282 g/mol. The molecule has 16 heavy (non-hydrogen) atoms. The van der Waals surface area contributed by atoms with Gasteiger partial charge in [-0.05, 0) is 37.5 Å². The third-order valence-corrected chi connectivity index (χ3v) is 3.66. The second-order valence-corrected chi connectivity index (χ2v) is 6.18. The van der Waals surface area contributed by atoms with E-state index < -0.39 is 0 Å². The Kier molecular flexibility index (Phi) is 3.38. The van der Waals surface area contributed by atoms with Crippen LogP contribution in [0.2, 0.25) is 0 Å². The molecule has 0 saturated heterocycles. The highest BCUT2D eigenvalue weighted by molar-refractivity contribution is 9.10. The standard InChI is InChI=1S/C13H19BrN2/c1-13(2,15)9-16-7-6-11-10(8-16)4-3-5-12(11)14/h3-5H,6-9,15H2,1-2H3. The molecule has 1 aromatic rings. The van der Waals surface area contributed by atoms with Crippen molar-refractivity contribution in [1.82, 2.24) is 4.90 Å². The third kappa shape index (κ3) is 2.84. The van der Waals surface area contributed by atoms with Gasteiger partial charge in [-0.2, -0.15) is 0 Å². The number of benzene rings is 1. The van der Waals surface area contributed by atoms with Crippen LogP contribution in [0.3, 0.4) is 0 Å². The maximum Gasteiger partial charge on any atom is 0.0237 e. The van der Waals surface area contributed by atoms with Crippen LogP contribution in [0.15, 0.2) is 22.7 Å². The summed E-state index contributed by atoms with van der Waals surface area (Å²) < 4.78 is 1.25. The Labute approximate surface area is 106 Å². The van der Waals surface area contributed by atoms with Crippen LogP contribution in [-0.2, 0) is 13.0 Å². The van der Waals surface area contributed by atoms with Gasteiger partial charge in [-0.3, -0.25) is 4.90 Å². The fourth-order valence-electron chi connectivity index (χ4n) is 2.33. The number of halogens is 1. The zero-order valence-electron chi connectivity index (χ0n) is 9.96. The van der Waals surface area contributed by atoms with Crippen LogP contribution in [0.4, 0.5) is 0 Å². The molecular weight excluding hydrogens is 264 g/mol. The quantitative estimate of drug-likeness (QED) is 0.903. The van der Waals surface area contributed by atoms with E-state index in [0.29, 0.717) is 0 Å². The van der Waals surface area contributed by atoms with Crippen LogP contribution < -0.4 is 5.73 Å². The van der Waals surface area contributed by atoms with E-state index in [9.17, 15) is 0 Å². The average Bonchev–Trinajstić information content (AvgIpc) is 2.15. The second kappa shape index (κ2) is 4.47. The van der Waals surface area contributed by atoms with Crippen molar-refractivity contribution in [2.24, 2.45) is 5.73 Å². The topological polar surface area (TPSA) is 29.3 Å². The smallest absolute Gasteiger partial charge is 0.0237 e. The van der Waals surface area contributed by atoms with Gasteiger partial charge in [-0.25, -0.2) is 0 Å². The summed E-state index contributed by atoms with van der Waals surface area (Å²) in [7, 11) is 0. The van der Waals surface area contributed by atoms with Gasteiger partial charge in [0.05, 0.1) is 0 Å². The first-order valence-electron chi connectivity index (χ1n) is 5.73. The minimum absolute atomic E-state index is 0.108. The molecule has 0 atom stereocenters. The van der Waals surface area contributed by atoms with Gasteiger partial charge in [0.1, 0.15) is 0 Å². The molecule has 1 aromatic carbocycles. The third-order valence-electron chi connectivity index (χ3n) is 2.92. The lowest BCUT2D eigenvalue weighted by Gasteiger charge is -2.34. The Morgan fingerprint density at radius 3 is 2.88 bits per heavy atom. The van der Waals surface area contributed by atoms with Crippen LogP contribution in [0.1, 0.15) is 25.0 Å². The molecule has 1 aliphatic rings. The van der Waals surface area contributed by atoms with Gasteiger partial charge < -0.3 is 5.73 Å². The molecule has 0 bridgehead atoms. The average molecular weight is 283 g/mol. The molecule has 88 valence electrons. The summed E-state index contributed by atoms with van der Waals surface area (Å²) >= 11 is 3.62. The Bertz CT molecular complexity index is 382. The Balaban J connectivity index is 2.12. The van der Waals surface area contributed by atoms with Gasteiger partial charge >= 0.3 is 0 Å². The van der Waals surface area contributed by atoms with Crippen molar-refractivity contribution in [2.75, 3.05) is 13.1 Å². The highest BCUT2D eigenvalue weighted by atomic mass is 79.9. The molecular formula is C13H19BrN2. The van der Waals surface area contributed by atoms with Gasteiger partial charge in [-0.1, -0.05) is 28.1 Å². The van der Waals surface area contributed by atoms with E-state index in [2.05, 4.69) is 52.9 Å². The Morgan fingerprint density at radius 1 is 1.44 bits per heavy atom. The highest BCUT2D eigenvalue weighted by Crippen LogP contribution is 2.26.